The second-order valence-corrected chi connectivity index (χ2v) is 6.41. The molecule has 0 aromatic heterocycles. The lowest BCUT2D eigenvalue weighted by molar-refractivity contribution is 0.196. The molecule has 1 aromatic carbocycles. The fraction of sp³-hybridized carbons (Fsp3) is 0.333. The van der Waals surface area contributed by atoms with Gasteiger partial charge >= 0.3 is 0 Å². The van der Waals surface area contributed by atoms with Gasteiger partial charge < -0.3 is 0 Å². The Hall–Kier alpha value is -1.00. The van der Waals surface area contributed by atoms with E-state index in [0.717, 1.165) is 6.07 Å². The first-order valence-electron chi connectivity index (χ1n) is 4.74. The minimum absolute atomic E-state index is 0.0115. The van der Waals surface area contributed by atoms with Crippen LogP contribution in [0.3, 0.4) is 0 Å². The first-order chi connectivity index (χ1) is 8.07. The van der Waals surface area contributed by atoms with E-state index in [9.17, 15) is 21.9 Å². The molecular formula is C9H11O7S2. The van der Waals surface area contributed by atoms with E-state index in [-0.39, 0.29) is 17.5 Å². The molecule has 0 saturated heterocycles. The number of benzene rings is 1. The molecule has 18 heavy (non-hydrogen) atoms. The first-order valence-corrected chi connectivity index (χ1v) is 7.62. The topological polar surface area (TPSA) is 129 Å². The quantitative estimate of drug-likeness (QED) is 0.776. The highest BCUT2D eigenvalue weighted by Crippen LogP contribution is 2.24. The summed E-state index contributed by atoms with van der Waals surface area (Å²) in [5, 5.41) is 10.5. The van der Waals surface area contributed by atoms with Gasteiger partial charge in [-0.25, -0.2) is 5.11 Å². The van der Waals surface area contributed by atoms with E-state index in [1.54, 1.807) is 0 Å². The normalized spacial score (nSPS) is 12.7. The maximum Gasteiger partial charge on any atom is 0.294 e. The predicted octanol–water partition coefficient (Wildman–Crippen LogP) is 0.461. The minimum Gasteiger partial charge on any atom is -0.282 e. The average molecular weight is 295 g/mol. The van der Waals surface area contributed by atoms with E-state index in [2.05, 4.69) is 0 Å². The lowest BCUT2D eigenvalue weighted by Gasteiger charge is -2.10. The maximum atomic E-state index is 11.1. The van der Waals surface area contributed by atoms with Gasteiger partial charge in [0, 0.05) is 6.42 Å². The number of aryl methyl sites for hydroxylation is 1. The Labute approximate surface area is 105 Å². The SMILES string of the molecule is Cc1cc(CC[O])c(S(=O)(=O)O)cc1S(=O)(=O)O. The molecule has 0 bridgehead atoms. The van der Waals surface area contributed by atoms with Gasteiger partial charge in [-0.2, -0.15) is 16.8 Å². The van der Waals surface area contributed by atoms with Crippen molar-refractivity contribution in [2.75, 3.05) is 6.61 Å². The third-order valence-electron chi connectivity index (χ3n) is 2.29. The Morgan fingerprint density at radius 3 is 1.89 bits per heavy atom. The van der Waals surface area contributed by atoms with Gasteiger partial charge in [0.2, 0.25) is 0 Å². The van der Waals surface area contributed by atoms with Crippen molar-refractivity contribution in [1.82, 2.24) is 0 Å². The molecule has 7 nitrogen and oxygen atoms in total. The van der Waals surface area contributed by atoms with E-state index in [1.165, 1.54) is 6.92 Å². The van der Waals surface area contributed by atoms with Crippen LogP contribution in [-0.4, -0.2) is 32.5 Å². The Kier molecular flexibility index (Phi) is 4.13. The summed E-state index contributed by atoms with van der Waals surface area (Å²) in [4.78, 5) is -1.30. The molecule has 0 aliphatic heterocycles. The van der Waals surface area contributed by atoms with Gasteiger partial charge in [-0.3, -0.25) is 9.11 Å². The molecule has 0 heterocycles. The third-order valence-corrected chi connectivity index (χ3v) is 4.22. The summed E-state index contributed by atoms with van der Waals surface area (Å²) in [6.45, 7) is 0.721. The van der Waals surface area contributed by atoms with Crippen LogP contribution in [0.15, 0.2) is 21.9 Å². The first kappa shape index (κ1) is 15.1. The summed E-state index contributed by atoms with van der Waals surface area (Å²) in [6.07, 6.45) is -0.179. The van der Waals surface area contributed by atoms with Crippen molar-refractivity contribution < 1.29 is 31.0 Å². The van der Waals surface area contributed by atoms with Crippen LogP contribution in [0.2, 0.25) is 0 Å². The molecule has 0 fully saturated rings. The smallest absolute Gasteiger partial charge is 0.282 e. The van der Waals surface area contributed by atoms with E-state index < -0.39 is 36.6 Å². The molecule has 0 aliphatic rings. The van der Waals surface area contributed by atoms with Gasteiger partial charge in [-0.05, 0) is 24.1 Å². The minimum atomic E-state index is -4.67. The molecular weight excluding hydrogens is 284 g/mol. The molecule has 0 amide bonds. The molecule has 0 spiro atoms. The Morgan fingerprint density at radius 2 is 1.50 bits per heavy atom. The Bertz CT molecular complexity index is 658. The highest BCUT2D eigenvalue weighted by atomic mass is 32.2. The zero-order valence-electron chi connectivity index (χ0n) is 9.32. The second kappa shape index (κ2) is 4.94. The molecule has 1 rings (SSSR count). The lowest BCUT2D eigenvalue weighted by Crippen LogP contribution is -2.09. The van der Waals surface area contributed by atoms with Crippen molar-refractivity contribution in [2.45, 2.75) is 23.1 Å². The van der Waals surface area contributed by atoms with E-state index in [4.69, 9.17) is 9.11 Å². The summed E-state index contributed by atoms with van der Waals surface area (Å²) < 4.78 is 62.1. The van der Waals surface area contributed by atoms with Crippen LogP contribution in [0.4, 0.5) is 0 Å². The van der Waals surface area contributed by atoms with Crippen molar-refractivity contribution >= 4 is 20.2 Å². The monoisotopic (exact) mass is 295 g/mol. The van der Waals surface area contributed by atoms with Gasteiger partial charge in [0.25, 0.3) is 20.2 Å². The van der Waals surface area contributed by atoms with Crippen molar-refractivity contribution in [1.29, 1.82) is 0 Å². The molecule has 1 radical (unpaired) electrons. The largest absolute Gasteiger partial charge is 0.294 e. The molecule has 0 unspecified atom stereocenters. The van der Waals surface area contributed by atoms with Gasteiger partial charge in [-0.1, -0.05) is 6.07 Å². The van der Waals surface area contributed by atoms with Gasteiger partial charge in [0.1, 0.15) is 0 Å². The van der Waals surface area contributed by atoms with Crippen molar-refractivity contribution in [3.63, 3.8) is 0 Å². The molecule has 2 N–H and O–H groups in total. The van der Waals surface area contributed by atoms with Crippen LogP contribution in [0.25, 0.3) is 0 Å². The highest BCUT2D eigenvalue weighted by molar-refractivity contribution is 7.86. The van der Waals surface area contributed by atoms with Crippen LogP contribution in [0.5, 0.6) is 0 Å². The molecule has 0 atom stereocenters. The summed E-state index contributed by atoms with van der Waals surface area (Å²) in [5.74, 6) is 0. The zero-order valence-corrected chi connectivity index (χ0v) is 11.0. The maximum absolute atomic E-state index is 11.1. The fourth-order valence-electron chi connectivity index (χ4n) is 1.55. The van der Waals surface area contributed by atoms with E-state index in [1.807, 2.05) is 0 Å². The van der Waals surface area contributed by atoms with Crippen LogP contribution in [0.1, 0.15) is 11.1 Å². The molecule has 1 aromatic rings. The van der Waals surface area contributed by atoms with E-state index in [0.29, 0.717) is 6.07 Å². The fourth-order valence-corrected chi connectivity index (χ4v) is 3.12. The van der Waals surface area contributed by atoms with Crippen molar-refractivity contribution in [2.24, 2.45) is 0 Å². The highest BCUT2D eigenvalue weighted by Gasteiger charge is 2.22. The molecule has 101 valence electrons. The zero-order chi connectivity index (χ0) is 14.1. The summed E-state index contributed by atoms with van der Waals surface area (Å²) in [5.41, 5.74) is 0.103. The van der Waals surface area contributed by atoms with Gasteiger partial charge in [0.05, 0.1) is 16.4 Å². The lowest BCUT2D eigenvalue weighted by atomic mass is 10.1. The Balaban J connectivity index is 3.67. The van der Waals surface area contributed by atoms with Crippen LogP contribution in [0, 0.1) is 6.92 Å². The van der Waals surface area contributed by atoms with Crippen molar-refractivity contribution in [3.05, 3.63) is 23.3 Å². The predicted molar refractivity (Wildman–Crippen MR) is 60.1 cm³/mol. The average Bonchev–Trinajstić information content (AvgIpc) is 2.13. The molecule has 0 aliphatic carbocycles. The number of hydrogen-bond acceptors (Lipinski definition) is 4. The second-order valence-electron chi connectivity index (χ2n) is 3.63. The van der Waals surface area contributed by atoms with Crippen LogP contribution < -0.4 is 0 Å². The van der Waals surface area contributed by atoms with Gasteiger partial charge in [-0.15, -0.1) is 0 Å². The van der Waals surface area contributed by atoms with Gasteiger partial charge in [0.15, 0.2) is 0 Å². The Morgan fingerprint density at radius 1 is 1.00 bits per heavy atom. The standard InChI is InChI=1S/C9H11O7S2/c1-6-4-7(2-3-10)9(18(14,15)16)5-8(6)17(11,12)13/h4-5H,2-3H2,1H3,(H,11,12,13)(H,14,15,16). The van der Waals surface area contributed by atoms with Crippen LogP contribution in [-0.2, 0) is 31.8 Å². The molecule has 0 saturated carbocycles. The van der Waals surface area contributed by atoms with E-state index >= 15 is 0 Å². The molecule has 9 heteroatoms. The summed E-state index contributed by atoms with van der Waals surface area (Å²) in [6, 6.07) is 1.79. The summed E-state index contributed by atoms with van der Waals surface area (Å²) >= 11 is 0. The number of hydrogen-bond donors (Lipinski definition) is 2. The van der Waals surface area contributed by atoms with Crippen molar-refractivity contribution in [3.8, 4) is 0 Å². The number of rotatable bonds is 4. The summed E-state index contributed by atoms with van der Waals surface area (Å²) in [7, 11) is -9.27. The van der Waals surface area contributed by atoms with Crippen LogP contribution >= 0.6 is 0 Å². The third kappa shape index (κ3) is 3.27.